The average molecular weight is 292 g/mol. The number of hydrogen-bond donors (Lipinski definition) is 1. The van der Waals surface area contributed by atoms with Crippen LogP contribution in [-0.2, 0) is 6.54 Å². The van der Waals surface area contributed by atoms with E-state index >= 15 is 0 Å². The van der Waals surface area contributed by atoms with E-state index in [2.05, 4.69) is 15.3 Å². The second kappa shape index (κ2) is 6.47. The standard InChI is InChI=1S/C15H18F2N4/c1-4-21(9-11-7-5-6-10(2)19-11)15-13(17)8-12(16)14(18-3)20-15/h5-8H,4,9H2,1-3H3,(H,18,20). The Hall–Kier alpha value is -2.24. The summed E-state index contributed by atoms with van der Waals surface area (Å²) in [6, 6.07) is 6.52. The number of nitrogens with zero attached hydrogens (tertiary/aromatic N) is 3. The minimum absolute atomic E-state index is 0.0297. The van der Waals surface area contributed by atoms with Crippen LogP contribution in [0.1, 0.15) is 18.3 Å². The van der Waals surface area contributed by atoms with Gasteiger partial charge in [-0.25, -0.2) is 13.8 Å². The minimum atomic E-state index is -0.705. The van der Waals surface area contributed by atoms with Gasteiger partial charge in [0.15, 0.2) is 23.3 Å². The van der Waals surface area contributed by atoms with E-state index in [1.165, 1.54) is 0 Å². The number of pyridine rings is 2. The SMILES string of the molecule is CCN(Cc1cccc(C)n1)c1nc(NC)c(F)cc1F. The van der Waals surface area contributed by atoms with Gasteiger partial charge in [0.25, 0.3) is 0 Å². The molecule has 2 aromatic heterocycles. The van der Waals surface area contributed by atoms with Gasteiger partial charge in [0.2, 0.25) is 0 Å². The van der Waals surface area contributed by atoms with E-state index in [-0.39, 0.29) is 11.6 Å². The largest absolute Gasteiger partial charge is 0.371 e. The van der Waals surface area contributed by atoms with Crippen molar-refractivity contribution >= 4 is 11.6 Å². The Bertz CT molecular complexity index is 631. The molecule has 0 radical (unpaired) electrons. The molecule has 21 heavy (non-hydrogen) atoms. The highest BCUT2D eigenvalue weighted by atomic mass is 19.1. The van der Waals surface area contributed by atoms with Crippen molar-refractivity contribution in [2.24, 2.45) is 0 Å². The molecule has 0 aromatic carbocycles. The molecule has 2 heterocycles. The van der Waals surface area contributed by atoms with Crippen molar-refractivity contribution in [3.8, 4) is 0 Å². The molecule has 6 heteroatoms. The first-order chi connectivity index (χ1) is 10.0. The van der Waals surface area contributed by atoms with Crippen LogP contribution in [0.25, 0.3) is 0 Å². The van der Waals surface area contributed by atoms with Crippen molar-refractivity contribution in [3.05, 3.63) is 47.3 Å². The first-order valence-corrected chi connectivity index (χ1v) is 6.76. The lowest BCUT2D eigenvalue weighted by Crippen LogP contribution is -2.25. The normalized spacial score (nSPS) is 10.5. The summed E-state index contributed by atoms with van der Waals surface area (Å²) in [6.07, 6.45) is 0. The lowest BCUT2D eigenvalue weighted by atomic mass is 10.3. The van der Waals surface area contributed by atoms with Gasteiger partial charge in [-0.1, -0.05) is 6.07 Å². The predicted octanol–water partition coefficient (Wildman–Crippen LogP) is 3.13. The minimum Gasteiger partial charge on any atom is -0.371 e. The summed E-state index contributed by atoms with van der Waals surface area (Å²) < 4.78 is 27.5. The molecule has 2 rings (SSSR count). The smallest absolute Gasteiger partial charge is 0.168 e. The zero-order valence-electron chi connectivity index (χ0n) is 12.3. The Balaban J connectivity index is 2.33. The van der Waals surface area contributed by atoms with Crippen LogP contribution in [0.2, 0.25) is 0 Å². The lowest BCUT2D eigenvalue weighted by Gasteiger charge is -2.22. The van der Waals surface area contributed by atoms with Gasteiger partial charge >= 0.3 is 0 Å². The summed E-state index contributed by atoms with van der Waals surface area (Å²) in [6.45, 7) is 4.74. The number of nitrogens with one attached hydrogen (secondary N) is 1. The van der Waals surface area contributed by atoms with Gasteiger partial charge in [0, 0.05) is 25.4 Å². The number of hydrogen-bond acceptors (Lipinski definition) is 4. The summed E-state index contributed by atoms with van der Waals surface area (Å²) in [5.41, 5.74) is 1.71. The van der Waals surface area contributed by atoms with Crippen molar-refractivity contribution < 1.29 is 8.78 Å². The summed E-state index contributed by atoms with van der Waals surface area (Å²) in [5.74, 6) is -1.24. The van der Waals surface area contributed by atoms with Crippen LogP contribution in [0.4, 0.5) is 20.4 Å². The van der Waals surface area contributed by atoms with E-state index in [0.29, 0.717) is 13.1 Å². The fourth-order valence-electron chi connectivity index (χ4n) is 2.07. The molecule has 0 fully saturated rings. The maximum atomic E-state index is 14.0. The molecule has 0 unspecified atom stereocenters. The number of anilines is 2. The van der Waals surface area contributed by atoms with E-state index in [0.717, 1.165) is 17.5 Å². The Morgan fingerprint density at radius 1 is 1.19 bits per heavy atom. The number of aromatic nitrogens is 2. The third kappa shape index (κ3) is 3.45. The Morgan fingerprint density at radius 3 is 2.57 bits per heavy atom. The summed E-state index contributed by atoms with van der Waals surface area (Å²) in [4.78, 5) is 10.1. The van der Waals surface area contributed by atoms with Gasteiger partial charge in [-0.15, -0.1) is 0 Å². The first kappa shape index (κ1) is 15.2. The van der Waals surface area contributed by atoms with Gasteiger partial charge < -0.3 is 10.2 Å². The maximum Gasteiger partial charge on any atom is 0.168 e. The van der Waals surface area contributed by atoms with Crippen molar-refractivity contribution in [1.29, 1.82) is 0 Å². The zero-order valence-corrected chi connectivity index (χ0v) is 12.3. The summed E-state index contributed by atoms with van der Waals surface area (Å²) in [5, 5.41) is 2.62. The second-order valence-electron chi connectivity index (χ2n) is 4.66. The molecular weight excluding hydrogens is 274 g/mol. The van der Waals surface area contributed by atoms with E-state index < -0.39 is 11.6 Å². The highest BCUT2D eigenvalue weighted by Crippen LogP contribution is 2.23. The lowest BCUT2D eigenvalue weighted by molar-refractivity contribution is 0.569. The molecule has 0 amide bonds. The molecule has 0 bridgehead atoms. The number of rotatable bonds is 5. The molecule has 4 nitrogen and oxygen atoms in total. The van der Waals surface area contributed by atoms with E-state index in [1.54, 1.807) is 11.9 Å². The van der Waals surface area contributed by atoms with Crippen LogP contribution in [-0.4, -0.2) is 23.6 Å². The van der Waals surface area contributed by atoms with Crippen molar-refractivity contribution in [1.82, 2.24) is 9.97 Å². The van der Waals surface area contributed by atoms with Crippen LogP contribution in [0.15, 0.2) is 24.3 Å². The fraction of sp³-hybridized carbons (Fsp3) is 0.333. The highest BCUT2D eigenvalue weighted by Gasteiger charge is 2.17. The molecule has 0 saturated carbocycles. The molecule has 0 atom stereocenters. The van der Waals surface area contributed by atoms with E-state index in [4.69, 9.17) is 0 Å². The molecule has 112 valence electrons. The Morgan fingerprint density at radius 2 is 1.95 bits per heavy atom. The van der Waals surface area contributed by atoms with Crippen molar-refractivity contribution in [2.75, 3.05) is 23.8 Å². The number of halogens is 2. The van der Waals surface area contributed by atoms with Gasteiger partial charge in [-0.05, 0) is 26.0 Å². The van der Waals surface area contributed by atoms with E-state index in [1.807, 2.05) is 32.0 Å². The van der Waals surface area contributed by atoms with Gasteiger partial charge in [-0.2, -0.15) is 0 Å². The molecule has 2 aromatic rings. The van der Waals surface area contributed by atoms with E-state index in [9.17, 15) is 8.78 Å². The Labute approximate surface area is 122 Å². The van der Waals surface area contributed by atoms with Crippen LogP contribution in [0, 0.1) is 18.6 Å². The fourth-order valence-corrected chi connectivity index (χ4v) is 2.07. The van der Waals surface area contributed by atoms with Crippen LogP contribution >= 0.6 is 0 Å². The predicted molar refractivity (Wildman–Crippen MR) is 79.4 cm³/mol. The van der Waals surface area contributed by atoms with Gasteiger partial charge in [0.1, 0.15) is 0 Å². The van der Waals surface area contributed by atoms with Crippen LogP contribution < -0.4 is 10.2 Å². The highest BCUT2D eigenvalue weighted by molar-refractivity contribution is 5.49. The molecule has 1 N–H and O–H groups in total. The van der Waals surface area contributed by atoms with Crippen LogP contribution in [0.3, 0.4) is 0 Å². The average Bonchev–Trinajstić information content (AvgIpc) is 2.45. The zero-order chi connectivity index (χ0) is 15.4. The third-order valence-corrected chi connectivity index (χ3v) is 3.13. The summed E-state index contributed by atoms with van der Waals surface area (Å²) >= 11 is 0. The topological polar surface area (TPSA) is 41.1 Å². The quantitative estimate of drug-likeness (QED) is 0.919. The van der Waals surface area contributed by atoms with Gasteiger partial charge in [-0.3, -0.25) is 4.98 Å². The molecular formula is C15H18F2N4. The third-order valence-electron chi connectivity index (χ3n) is 3.13. The first-order valence-electron chi connectivity index (χ1n) is 6.76. The van der Waals surface area contributed by atoms with Gasteiger partial charge in [0.05, 0.1) is 12.2 Å². The van der Waals surface area contributed by atoms with Crippen molar-refractivity contribution in [2.45, 2.75) is 20.4 Å². The summed E-state index contributed by atoms with van der Waals surface area (Å²) in [7, 11) is 1.55. The van der Waals surface area contributed by atoms with Crippen LogP contribution in [0.5, 0.6) is 0 Å². The van der Waals surface area contributed by atoms with Crippen molar-refractivity contribution in [3.63, 3.8) is 0 Å². The molecule has 0 aliphatic rings. The maximum absolute atomic E-state index is 14.0. The molecule has 0 spiro atoms. The molecule has 0 aliphatic heterocycles. The molecule has 0 saturated heterocycles. The Kier molecular flexibility index (Phi) is 4.67. The number of aryl methyl sites for hydroxylation is 1. The monoisotopic (exact) mass is 292 g/mol. The molecule has 0 aliphatic carbocycles. The second-order valence-corrected chi connectivity index (χ2v) is 4.66.